The third-order valence-corrected chi connectivity index (χ3v) is 8.01. The highest BCUT2D eigenvalue weighted by Gasteiger charge is 2.34. The lowest BCUT2D eigenvalue weighted by Gasteiger charge is -2.47. The zero-order chi connectivity index (χ0) is 26.2. The number of hydrogen-bond acceptors (Lipinski definition) is 7. The number of nitrogens with zero attached hydrogens (tertiary/aromatic N) is 6. The second kappa shape index (κ2) is 14.2. The standard InChI is InChI=1S/C11H23N3O.C10H20N2.C6H14N2/c1-11(2,3)12-10(15)9-8-13(4)6-7-14(9)5;1-11-7-8-12(2)10-6-4-3-5-9(10)11;1-7-3-5-8(2)6-4-7/h9H,6-8H2,1-5H3,(H,12,15);9-10H,3-8H2,1-2H3;3-6H2,1-2H3. The van der Waals surface area contributed by atoms with Crippen LogP contribution in [0, 0.1) is 0 Å². The molecule has 1 amide bonds. The molecule has 8 nitrogen and oxygen atoms in total. The molecule has 35 heavy (non-hydrogen) atoms. The molecule has 1 N–H and O–H groups in total. The number of carbonyl (C=O) groups excluding carboxylic acids is 1. The van der Waals surface area contributed by atoms with Gasteiger partial charge in [-0.1, -0.05) is 12.8 Å². The van der Waals surface area contributed by atoms with Crippen LogP contribution in [0.1, 0.15) is 46.5 Å². The summed E-state index contributed by atoms with van der Waals surface area (Å²) in [6.07, 6.45) is 5.73. The Kier molecular flexibility index (Phi) is 12.4. The van der Waals surface area contributed by atoms with E-state index in [2.05, 4.69) is 70.0 Å². The highest BCUT2D eigenvalue weighted by molar-refractivity contribution is 5.82. The fourth-order valence-electron chi connectivity index (χ4n) is 5.42. The molecule has 3 heterocycles. The van der Waals surface area contributed by atoms with Crippen LogP contribution in [0.15, 0.2) is 0 Å². The van der Waals surface area contributed by atoms with Gasteiger partial charge in [0.1, 0.15) is 6.04 Å². The Morgan fingerprint density at radius 1 is 0.629 bits per heavy atom. The normalized spacial score (nSPS) is 30.4. The number of fused-ring (bicyclic) bond motifs is 1. The summed E-state index contributed by atoms with van der Waals surface area (Å²) >= 11 is 0. The summed E-state index contributed by atoms with van der Waals surface area (Å²) in [5, 5.41) is 3.03. The van der Waals surface area contributed by atoms with Crippen LogP contribution in [0.3, 0.4) is 0 Å². The first-order valence-corrected chi connectivity index (χ1v) is 13.9. The van der Waals surface area contributed by atoms with Gasteiger partial charge in [0.2, 0.25) is 5.91 Å². The van der Waals surface area contributed by atoms with Crippen LogP contribution in [0.25, 0.3) is 0 Å². The van der Waals surface area contributed by atoms with Crippen LogP contribution in [-0.4, -0.2) is 160 Å². The fraction of sp³-hybridized carbons (Fsp3) is 0.963. The van der Waals surface area contributed by atoms with Crippen molar-refractivity contribution in [1.82, 2.24) is 34.7 Å². The second-order valence-corrected chi connectivity index (χ2v) is 12.5. The van der Waals surface area contributed by atoms with Gasteiger partial charge in [0, 0.05) is 76.5 Å². The van der Waals surface area contributed by atoms with E-state index in [4.69, 9.17) is 0 Å². The molecule has 3 saturated heterocycles. The maximum absolute atomic E-state index is 12.0. The van der Waals surface area contributed by atoms with Crippen molar-refractivity contribution in [3.05, 3.63) is 0 Å². The Labute approximate surface area is 216 Å². The lowest BCUT2D eigenvalue weighted by atomic mass is 9.87. The zero-order valence-corrected chi connectivity index (χ0v) is 24.5. The van der Waals surface area contributed by atoms with Gasteiger partial charge in [0.25, 0.3) is 0 Å². The largest absolute Gasteiger partial charge is 0.350 e. The van der Waals surface area contributed by atoms with Crippen molar-refractivity contribution in [2.24, 2.45) is 0 Å². The lowest BCUT2D eigenvalue weighted by molar-refractivity contribution is -0.129. The average molecular weight is 496 g/mol. The van der Waals surface area contributed by atoms with Gasteiger partial charge in [0.05, 0.1) is 0 Å². The smallest absolute Gasteiger partial charge is 0.239 e. The van der Waals surface area contributed by atoms with Gasteiger partial charge in [-0.05, 0) is 75.9 Å². The number of piperazine rings is 3. The van der Waals surface area contributed by atoms with Crippen LogP contribution in [0.4, 0.5) is 0 Å². The van der Waals surface area contributed by atoms with Gasteiger partial charge < -0.3 is 29.8 Å². The quantitative estimate of drug-likeness (QED) is 0.586. The number of amides is 1. The summed E-state index contributed by atoms with van der Waals surface area (Å²) in [4.78, 5) is 26.2. The molecule has 0 bridgehead atoms. The molecule has 3 unspecified atom stereocenters. The SMILES string of the molecule is CN1CCN(C)C(C(=O)NC(C)(C)C)C1.CN1CCN(C)C2CCCCC21.CN1CCN(C)CC1. The van der Waals surface area contributed by atoms with E-state index in [0.717, 1.165) is 31.7 Å². The van der Waals surface area contributed by atoms with Gasteiger partial charge in [-0.25, -0.2) is 0 Å². The molecule has 3 atom stereocenters. The molecule has 3 aliphatic heterocycles. The maximum atomic E-state index is 12.0. The van der Waals surface area contributed by atoms with Crippen molar-refractivity contribution >= 4 is 5.91 Å². The third kappa shape index (κ3) is 10.6. The molecule has 8 heteroatoms. The van der Waals surface area contributed by atoms with Gasteiger partial charge in [-0.15, -0.1) is 0 Å². The summed E-state index contributed by atoms with van der Waals surface area (Å²) in [6, 6.07) is 1.71. The molecule has 1 saturated carbocycles. The lowest BCUT2D eigenvalue weighted by Crippen LogP contribution is -2.59. The van der Waals surface area contributed by atoms with E-state index in [1.54, 1.807) is 0 Å². The van der Waals surface area contributed by atoms with E-state index >= 15 is 0 Å². The number of nitrogens with one attached hydrogen (secondary N) is 1. The highest BCUT2D eigenvalue weighted by atomic mass is 16.2. The summed E-state index contributed by atoms with van der Waals surface area (Å²) in [6.45, 7) is 16.3. The predicted octanol–water partition coefficient (Wildman–Crippen LogP) is 1.19. The van der Waals surface area contributed by atoms with E-state index in [9.17, 15) is 4.79 Å². The Hall–Kier alpha value is -0.770. The van der Waals surface area contributed by atoms with Gasteiger partial charge >= 0.3 is 0 Å². The molecular formula is C27H57N7O. The number of rotatable bonds is 1. The molecule has 0 aromatic carbocycles. The van der Waals surface area contributed by atoms with Crippen LogP contribution >= 0.6 is 0 Å². The minimum atomic E-state index is -0.145. The van der Waals surface area contributed by atoms with Crippen LogP contribution in [-0.2, 0) is 4.79 Å². The Bertz CT molecular complexity index is 589. The first-order chi connectivity index (χ1) is 16.4. The Balaban J connectivity index is 0.000000193. The van der Waals surface area contributed by atoms with Crippen LogP contribution < -0.4 is 5.32 Å². The first kappa shape index (κ1) is 30.5. The number of carbonyl (C=O) groups is 1. The van der Waals surface area contributed by atoms with Gasteiger partial charge in [-0.2, -0.15) is 0 Å². The fourth-order valence-corrected chi connectivity index (χ4v) is 5.42. The summed E-state index contributed by atoms with van der Waals surface area (Å²) in [5.74, 6) is 0.136. The number of likely N-dealkylation sites (N-methyl/N-ethyl adjacent to an activating group) is 6. The average Bonchev–Trinajstić information content (AvgIpc) is 2.80. The van der Waals surface area contributed by atoms with Crippen molar-refractivity contribution in [2.45, 2.75) is 70.1 Å². The van der Waals surface area contributed by atoms with Gasteiger partial charge in [0.15, 0.2) is 0 Å². The summed E-state index contributed by atoms with van der Waals surface area (Å²) < 4.78 is 0. The molecule has 4 fully saturated rings. The van der Waals surface area contributed by atoms with Crippen molar-refractivity contribution < 1.29 is 4.79 Å². The first-order valence-electron chi connectivity index (χ1n) is 13.9. The van der Waals surface area contributed by atoms with E-state index in [-0.39, 0.29) is 17.5 Å². The van der Waals surface area contributed by atoms with E-state index in [1.165, 1.54) is 65.0 Å². The van der Waals surface area contributed by atoms with Crippen molar-refractivity contribution in [3.63, 3.8) is 0 Å². The van der Waals surface area contributed by atoms with Gasteiger partial charge in [-0.3, -0.25) is 9.69 Å². The Morgan fingerprint density at radius 3 is 1.46 bits per heavy atom. The number of hydrogen-bond donors (Lipinski definition) is 1. The molecule has 0 radical (unpaired) electrons. The molecule has 0 spiro atoms. The molecule has 0 aromatic rings. The van der Waals surface area contributed by atoms with Crippen molar-refractivity contribution in [3.8, 4) is 0 Å². The van der Waals surface area contributed by atoms with Crippen molar-refractivity contribution in [1.29, 1.82) is 0 Å². The summed E-state index contributed by atoms with van der Waals surface area (Å²) in [7, 11) is 13.0. The minimum absolute atomic E-state index is 0.0111. The molecule has 1 aliphatic carbocycles. The van der Waals surface area contributed by atoms with Crippen LogP contribution in [0.5, 0.6) is 0 Å². The predicted molar refractivity (Wildman–Crippen MR) is 148 cm³/mol. The maximum Gasteiger partial charge on any atom is 0.239 e. The topological polar surface area (TPSA) is 48.5 Å². The Morgan fingerprint density at radius 2 is 1.03 bits per heavy atom. The molecular weight excluding hydrogens is 438 g/mol. The highest BCUT2D eigenvalue weighted by Crippen LogP contribution is 2.28. The molecule has 206 valence electrons. The van der Waals surface area contributed by atoms with E-state index in [0.29, 0.717) is 0 Å². The van der Waals surface area contributed by atoms with Crippen LogP contribution in [0.2, 0.25) is 0 Å². The molecule has 4 aliphatic rings. The monoisotopic (exact) mass is 495 g/mol. The second-order valence-electron chi connectivity index (χ2n) is 12.5. The third-order valence-electron chi connectivity index (χ3n) is 8.01. The van der Waals surface area contributed by atoms with Crippen molar-refractivity contribution in [2.75, 3.05) is 101 Å². The minimum Gasteiger partial charge on any atom is -0.350 e. The van der Waals surface area contributed by atoms with E-state index in [1.807, 2.05) is 27.8 Å². The molecule has 4 rings (SSSR count). The van der Waals surface area contributed by atoms with E-state index < -0.39 is 0 Å². The summed E-state index contributed by atoms with van der Waals surface area (Å²) in [5.41, 5.74) is -0.145. The molecule has 0 aromatic heterocycles. The zero-order valence-electron chi connectivity index (χ0n) is 24.5.